The van der Waals surface area contributed by atoms with E-state index in [1.165, 1.54) is 23.1 Å². The molecule has 1 aliphatic rings. The molecular weight excluding hydrogens is 283 g/mol. The summed E-state index contributed by atoms with van der Waals surface area (Å²) < 4.78 is 13.6. The van der Waals surface area contributed by atoms with Crippen molar-refractivity contribution in [2.45, 2.75) is 38.8 Å². The fourth-order valence-electron chi connectivity index (χ4n) is 2.21. The fourth-order valence-corrected chi connectivity index (χ4v) is 2.38. The Morgan fingerprint density at radius 2 is 2.20 bits per heavy atom. The van der Waals surface area contributed by atoms with Crippen molar-refractivity contribution in [3.63, 3.8) is 0 Å². The SMILES string of the molecule is CCC(C)N1C(=O)CC(Nc2cc(Cl)ccc2F)C1=O. The maximum absolute atomic E-state index is 13.6. The van der Waals surface area contributed by atoms with E-state index in [1.807, 2.05) is 13.8 Å². The summed E-state index contributed by atoms with van der Waals surface area (Å²) in [6.45, 7) is 3.72. The maximum atomic E-state index is 13.6. The Balaban J connectivity index is 2.17. The number of amides is 2. The predicted octanol–water partition coefficient (Wildman–Crippen LogP) is 2.82. The summed E-state index contributed by atoms with van der Waals surface area (Å²) in [4.78, 5) is 25.3. The third-order valence-electron chi connectivity index (χ3n) is 3.47. The normalized spacial score (nSPS) is 20.4. The summed E-state index contributed by atoms with van der Waals surface area (Å²) in [6, 6.07) is 3.17. The van der Waals surface area contributed by atoms with Crippen molar-refractivity contribution >= 4 is 29.1 Å². The van der Waals surface area contributed by atoms with Gasteiger partial charge in [-0.15, -0.1) is 0 Å². The molecule has 2 atom stereocenters. The number of hydrogen-bond acceptors (Lipinski definition) is 3. The zero-order chi connectivity index (χ0) is 14.9. The minimum Gasteiger partial charge on any atom is -0.371 e. The van der Waals surface area contributed by atoms with Crippen LogP contribution in [0.2, 0.25) is 5.02 Å². The number of nitrogens with one attached hydrogen (secondary N) is 1. The summed E-state index contributed by atoms with van der Waals surface area (Å²) in [5.41, 5.74) is 0.134. The van der Waals surface area contributed by atoms with E-state index < -0.39 is 11.9 Å². The van der Waals surface area contributed by atoms with Crippen LogP contribution in [0.1, 0.15) is 26.7 Å². The lowest BCUT2D eigenvalue weighted by atomic mass is 10.2. The lowest BCUT2D eigenvalue weighted by molar-refractivity contribution is -0.140. The highest BCUT2D eigenvalue weighted by molar-refractivity contribution is 6.30. The van der Waals surface area contributed by atoms with E-state index in [9.17, 15) is 14.0 Å². The number of halogens is 2. The molecule has 0 aromatic heterocycles. The number of rotatable bonds is 4. The van der Waals surface area contributed by atoms with Crippen LogP contribution in [0.3, 0.4) is 0 Å². The number of benzene rings is 1. The molecule has 1 aromatic rings. The topological polar surface area (TPSA) is 49.4 Å². The van der Waals surface area contributed by atoms with Crippen LogP contribution in [-0.2, 0) is 9.59 Å². The zero-order valence-corrected chi connectivity index (χ0v) is 12.1. The molecule has 1 N–H and O–H groups in total. The first-order valence-corrected chi connectivity index (χ1v) is 6.89. The highest BCUT2D eigenvalue weighted by Crippen LogP contribution is 2.25. The second-order valence-corrected chi connectivity index (χ2v) is 5.32. The van der Waals surface area contributed by atoms with E-state index >= 15 is 0 Å². The molecule has 6 heteroatoms. The molecule has 20 heavy (non-hydrogen) atoms. The zero-order valence-electron chi connectivity index (χ0n) is 11.3. The van der Waals surface area contributed by atoms with Crippen LogP contribution >= 0.6 is 11.6 Å². The lowest BCUT2D eigenvalue weighted by Gasteiger charge is -2.22. The summed E-state index contributed by atoms with van der Waals surface area (Å²) in [5, 5.41) is 3.13. The Morgan fingerprint density at radius 3 is 2.85 bits per heavy atom. The second kappa shape index (κ2) is 5.79. The largest absolute Gasteiger partial charge is 0.371 e. The molecule has 4 nitrogen and oxygen atoms in total. The van der Waals surface area contributed by atoms with Crippen molar-refractivity contribution in [3.05, 3.63) is 29.0 Å². The lowest BCUT2D eigenvalue weighted by Crippen LogP contribution is -2.40. The molecule has 1 aliphatic heterocycles. The van der Waals surface area contributed by atoms with Crippen LogP contribution in [0.15, 0.2) is 18.2 Å². The van der Waals surface area contributed by atoms with Gasteiger partial charge >= 0.3 is 0 Å². The molecule has 0 bridgehead atoms. The number of carbonyl (C=O) groups is 2. The molecule has 0 radical (unpaired) electrons. The van der Waals surface area contributed by atoms with Gasteiger partial charge in [-0.05, 0) is 31.5 Å². The number of likely N-dealkylation sites (tertiary alicyclic amines) is 1. The van der Waals surface area contributed by atoms with Crippen LogP contribution in [0, 0.1) is 5.82 Å². The average molecular weight is 299 g/mol. The van der Waals surface area contributed by atoms with Crippen molar-refractivity contribution in [2.24, 2.45) is 0 Å². The van der Waals surface area contributed by atoms with E-state index in [0.717, 1.165) is 0 Å². The van der Waals surface area contributed by atoms with Gasteiger partial charge in [-0.1, -0.05) is 18.5 Å². The molecule has 1 fully saturated rings. The first-order valence-electron chi connectivity index (χ1n) is 6.51. The first kappa shape index (κ1) is 14.8. The molecular formula is C14H16ClFN2O2. The number of hydrogen-bond donors (Lipinski definition) is 1. The van der Waals surface area contributed by atoms with Gasteiger partial charge in [0, 0.05) is 11.1 Å². The van der Waals surface area contributed by atoms with E-state index in [-0.39, 0.29) is 30.0 Å². The van der Waals surface area contributed by atoms with Gasteiger partial charge in [-0.2, -0.15) is 0 Å². The summed E-state index contributed by atoms with van der Waals surface area (Å²) in [7, 11) is 0. The van der Waals surface area contributed by atoms with Crippen LogP contribution in [0.4, 0.5) is 10.1 Å². The molecule has 0 spiro atoms. The summed E-state index contributed by atoms with van der Waals surface area (Å²) >= 11 is 5.80. The van der Waals surface area contributed by atoms with E-state index in [2.05, 4.69) is 5.32 Å². The highest BCUT2D eigenvalue weighted by atomic mass is 35.5. The third-order valence-corrected chi connectivity index (χ3v) is 3.71. The quantitative estimate of drug-likeness (QED) is 0.870. The highest BCUT2D eigenvalue weighted by Gasteiger charge is 2.40. The smallest absolute Gasteiger partial charge is 0.252 e. The summed E-state index contributed by atoms with van der Waals surface area (Å²) in [6.07, 6.45) is 0.727. The van der Waals surface area contributed by atoms with Crippen molar-refractivity contribution < 1.29 is 14.0 Å². The minimum absolute atomic E-state index is 0.0368. The number of carbonyl (C=O) groups excluding carboxylic acids is 2. The Labute approximate surface area is 121 Å². The van der Waals surface area contributed by atoms with Gasteiger partial charge < -0.3 is 5.32 Å². The van der Waals surface area contributed by atoms with Crippen molar-refractivity contribution in [1.82, 2.24) is 4.90 Å². The van der Waals surface area contributed by atoms with Crippen LogP contribution in [-0.4, -0.2) is 28.8 Å². The Morgan fingerprint density at radius 1 is 1.50 bits per heavy atom. The van der Waals surface area contributed by atoms with Gasteiger partial charge in [-0.25, -0.2) is 4.39 Å². The van der Waals surface area contributed by atoms with E-state index in [1.54, 1.807) is 0 Å². The van der Waals surface area contributed by atoms with Gasteiger partial charge in [0.05, 0.1) is 12.1 Å². The molecule has 1 heterocycles. The predicted molar refractivity (Wildman–Crippen MR) is 75.0 cm³/mol. The first-order chi connectivity index (χ1) is 9.43. The molecule has 108 valence electrons. The van der Waals surface area contributed by atoms with Gasteiger partial charge in [0.2, 0.25) is 5.91 Å². The standard InChI is InChI=1S/C14H16ClFN2O2/c1-3-8(2)18-13(19)7-12(14(18)20)17-11-6-9(15)4-5-10(11)16/h4-6,8,12,17H,3,7H2,1-2H3. The van der Waals surface area contributed by atoms with Crippen LogP contribution in [0.25, 0.3) is 0 Å². The molecule has 2 rings (SSSR count). The average Bonchev–Trinajstić information content (AvgIpc) is 2.68. The van der Waals surface area contributed by atoms with Gasteiger partial charge in [0.1, 0.15) is 11.9 Å². The van der Waals surface area contributed by atoms with Gasteiger partial charge in [-0.3, -0.25) is 14.5 Å². The van der Waals surface area contributed by atoms with Crippen molar-refractivity contribution in [3.8, 4) is 0 Å². The maximum Gasteiger partial charge on any atom is 0.252 e. The monoisotopic (exact) mass is 298 g/mol. The van der Waals surface area contributed by atoms with E-state index in [4.69, 9.17) is 11.6 Å². The van der Waals surface area contributed by atoms with Crippen LogP contribution < -0.4 is 5.32 Å². The van der Waals surface area contributed by atoms with Crippen LogP contribution in [0.5, 0.6) is 0 Å². The Hall–Kier alpha value is -1.62. The number of imide groups is 1. The molecule has 2 unspecified atom stereocenters. The third kappa shape index (κ3) is 2.77. The molecule has 2 amide bonds. The van der Waals surface area contributed by atoms with Crippen molar-refractivity contribution in [2.75, 3.05) is 5.32 Å². The Kier molecular flexibility index (Phi) is 4.28. The van der Waals surface area contributed by atoms with Gasteiger partial charge in [0.25, 0.3) is 5.91 Å². The van der Waals surface area contributed by atoms with Crippen molar-refractivity contribution in [1.29, 1.82) is 0 Å². The second-order valence-electron chi connectivity index (χ2n) is 4.88. The Bertz CT molecular complexity index is 550. The molecule has 0 aliphatic carbocycles. The number of anilines is 1. The molecule has 1 saturated heterocycles. The fraction of sp³-hybridized carbons (Fsp3) is 0.429. The van der Waals surface area contributed by atoms with E-state index in [0.29, 0.717) is 11.4 Å². The molecule has 0 saturated carbocycles. The minimum atomic E-state index is -0.732. The number of nitrogens with zero attached hydrogens (tertiary/aromatic N) is 1. The summed E-state index contributed by atoms with van der Waals surface area (Å²) in [5.74, 6) is -1.05. The molecule has 1 aromatic carbocycles. The van der Waals surface area contributed by atoms with Gasteiger partial charge in [0.15, 0.2) is 0 Å².